The number of benzene rings is 1. The predicted octanol–water partition coefficient (Wildman–Crippen LogP) is 1.01. The number of carbonyl (C=O) groups excluding carboxylic acids is 1. The third kappa shape index (κ3) is 3.62. The molecule has 0 spiro atoms. The van der Waals surface area contributed by atoms with Crippen molar-refractivity contribution in [1.82, 2.24) is 5.32 Å². The third-order valence-electron chi connectivity index (χ3n) is 2.04. The number of hydrogen-bond donors (Lipinski definition) is 1. The van der Waals surface area contributed by atoms with Gasteiger partial charge in [0.2, 0.25) is 5.91 Å². The molecule has 0 unspecified atom stereocenters. The monoisotopic (exact) mass is 220 g/mol. The minimum atomic E-state index is -0.297. The highest BCUT2D eigenvalue weighted by molar-refractivity contribution is 5.81. The van der Waals surface area contributed by atoms with Crippen molar-refractivity contribution >= 4 is 11.6 Å². The van der Waals surface area contributed by atoms with E-state index >= 15 is 0 Å². The van der Waals surface area contributed by atoms with E-state index in [1.54, 1.807) is 24.1 Å². The highest BCUT2D eigenvalue weighted by Crippen LogP contribution is 2.12. The van der Waals surface area contributed by atoms with Crippen LogP contribution in [0.4, 0.5) is 10.1 Å². The van der Waals surface area contributed by atoms with Gasteiger partial charge < -0.3 is 10.2 Å². The molecule has 16 heavy (non-hydrogen) atoms. The van der Waals surface area contributed by atoms with E-state index < -0.39 is 0 Å². The molecule has 4 heteroatoms. The molecule has 0 aromatic heterocycles. The topological polar surface area (TPSA) is 32.3 Å². The number of nitrogens with one attached hydrogen (secondary N) is 1. The molecule has 1 aromatic carbocycles. The summed E-state index contributed by atoms with van der Waals surface area (Å²) in [5.74, 6) is 1.86. The molecule has 0 fully saturated rings. The lowest BCUT2D eigenvalue weighted by molar-refractivity contribution is -0.119. The number of rotatable bonds is 4. The summed E-state index contributed by atoms with van der Waals surface area (Å²) in [5, 5.41) is 2.55. The highest BCUT2D eigenvalue weighted by Gasteiger charge is 2.06. The summed E-state index contributed by atoms with van der Waals surface area (Å²) in [7, 11) is 1.75. The maximum absolute atomic E-state index is 12.7. The highest BCUT2D eigenvalue weighted by atomic mass is 19.1. The van der Waals surface area contributed by atoms with Gasteiger partial charge in [0.1, 0.15) is 5.82 Å². The molecule has 0 saturated heterocycles. The molecule has 1 aromatic rings. The summed E-state index contributed by atoms with van der Waals surface area (Å²) < 4.78 is 12.7. The number of halogens is 1. The Morgan fingerprint density at radius 3 is 2.69 bits per heavy atom. The van der Waals surface area contributed by atoms with E-state index in [1.807, 2.05) is 0 Å². The number of terminal acetylenes is 1. The molecule has 0 radical (unpaired) electrons. The van der Waals surface area contributed by atoms with Crippen molar-refractivity contribution in [3.8, 4) is 12.3 Å². The SMILES string of the molecule is C#CCNC(=O)CN(C)c1ccc(F)cc1. The molecule has 84 valence electrons. The van der Waals surface area contributed by atoms with Crippen molar-refractivity contribution in [2.45, 2.75) is 0 Å². The lowest BCUT2D eigenvalue weighted by Gasteiger charge is -2.18. The normalized spacial score (nSPS) is 9.31. The molecule has 1 N–H and O–H groups in total. The van der Waals surface area contributed by atoms with Crippen LogP contribution >= 0.6 is 0 Å². The van der Waals surface area contributed by atoms with Gasteiger partial charge in [-0.2, -0.15) is 0 Å². The van der Waals surface area contributed by atoms with Crippen molar-refractivity contribution in [1.29, 1.82) is 0 Å². The Morgan fingerprint density at radius 1 is 1.50 bits per heavy atom. The standard InChI is InChI=1S/C12H13FN2O/c1-3-8-14-12(16)9-15(2)11-6-4-10(13)5-7-11/h1,4-7H,8-9H2,2H3,(H,14,16). The Balaban J connectivity index is 2.52. The molecule has 1 rings (SSSR count). The summed E-state index contributed by atoms with van der Waals surface area (Å²) in [5.41, 5.74) is 0.775. The number of amides is 1. The van der Waals surface area contributed by atoms with Crippen molar-refractivity contribution in [2.75, 3.05) is 25.0 Å². The van der Waals surface area contributed by atoms with Crippen molar-refractivity contribution < 1.29 is 9.18 Å². The van der Waals surface area contributed by atoms with Gasteiger partial charge in [-0.1, -0.05) is 5.92 Å². The average Bonchev–Trinajstić information content (AvgIpc) is 2.27. The second-order valence-electron chi connectivity index (χ2n) is 3.31. The molecule has 0 aliphatic carbocycles. The molecule has 0 bridgehead atoms. The van der Waals surface area contributed by atoms with E-state index in [1.165, 1.54) is 12.1 Å². The van der Waals surface area contributed by atoms with E-state index in [-0.39, 0.29) is 24.8 Å². The third-order valence-corrected chi connectivity index (χ3v) is 2.04. The summed E-state index contributed by atoms with van der Waals surface area (Å²) in [6, 6.07) is 5.93. The Morgan fingerprint density at radius 2 is 2.12 bits per heavy atom. The van der Waals surface area contributed by atoms with E-state index in [9.17, 15) is 9.18 Å². The minimum absolute atomic E-state index is 0.162. The smallest absolute Gasteiger partial charge is 0.240 e. The molecule has 0 aliphatic rings. The van der Waals surface area contributed by atoms with E-state index in [4.69, 9.17) is 6.42 Å². The van der Waals surface area contributed by atoms with Crippen LogP contribution in [0, 0.1) is 18.2 Å². The van der Waals surface area contributed by atoms with Crippen LogP contribution in [-0.2, 0) is 4.79 Å². The Bertz CT molecular complexity index is 394. The van der Waals surface area contributed by atoms with Gasteiger partial charge in [0.05, 0.1) is 13.1 Å². The van der Waals surface area contributed by atoms with Gasteiger partial charge in [-0.05, 0) is 24.3 Å². The molecular formula is C12H13FN2O. The first-order chi connectivity index (χ1) is 7.63. The fourth-order valence-corrected chi connectivity index (χ4v) is 1.21. The minimum Gasteiger partial charge on any atom is -0.365 e. The van der Waals surface area contributed by atoms with Gasteiger partial charge >= 0.3 is 0 Å². The lowest BCUT2D eigenvalue weighted by atomic mass is 10.3. The van der Waals surface area contributed by atoms with Gasteiger partial charge in [-0.3, -0.25) is 4.79 Å². The number of hydrogen-bond acceptors (Lipinski definition) is 2. The van der Waals surface area contributed by atoms with Crippen LogP contribution in [0.25, 0.3) is 0 Å². The molecule has 0 atom stereocenters. The summed E-state index contributed by atoms with van der Waals surface area (Å²) >= 11 is 0. The second-order valence-corrected chi connectivity index (χ2v) is 3.31. The zero-order chi connectivity index (χ0) is 12.0. The molecule has 0 saturated carbocycles. The zero-order valence-corrected chi connectivity index (χ0v) is 9.03. The molecule has 1 amide bonds. The number of anilines is 1. The van der Waals surface area contributed by atoms with Gasteiger partial charge in [-0.25, -0.2) is 4.39 Å². The molecule has 0 heterocycles. The maximum Gasteiger partial charge on any atom is 0.240 e. The fraction of sp³-hybridized carbons (Fsp3) is 0.250. The maximum atomic E-state index is 12.7. The number of nitrogens with zero attached hydrogens (tertiary/aromatic N) is 1. The largest absolute Gasteiger partial charge is 0.365 e. The van der Waals surface area contributed by atoms with Crippen molar-refractivity contribution in [3.05, 3.63) is 30.1 Å². The van der Waals surface area contributed by atoms with Gasteiger partial charge in [0.15, 0.2) is 0 Å². The van der Waals surface area contributed by atoms with Gasteiger partial charge in [-0.15, -0.1) is 6.42 Å². The quantitative estimate of drug-likeness (QED) is 0.768. The van der Waals surface area contributed by atoms with Crippen LogP contribution in [0.5, 0.6) is 0 Å². The Kier molecular flexibility index (Phi) is 4.34. The van der Waals surface area contributed by atoms with Crippen molar-refractivity contribution in [3.63, 3.8) is 0 Å². The average molecular weight is 220 g/mol. The molecule has 3 nitrogen and oxygen atoms in total. The Labute approximate surface area is 94.3 Å². The Hall–Kier alpha value is -2.02. The van der Waals surface area contributed by atoms with E-state index in [2.05, 4.69) is 11.2 Å². The van der Waals surface area contributed by atoms with Crippen LogP contribution < -0.4 is 10.2 Å². The summed E-state index contributed by atoms with van der Waals surface area (Å²) in [4.78, 5) is 13.0. The number of carbonyl (C=O) groups is 1. The van der Waals surface area contributed by atoms with Crippen LogP contribution in [0.15, 0.2) is 24.3 Å². The van der Waals surface area contributed by atoms with Crippen molar-refractivity contribution in [2.24, 2.45) is 0 Å². The first-order valence-electron chi connectivity index (χ1n) is 4.80. The first-order valence-corrected chi connectivity index (χ1v) is 4.80. The molecule has 0 aliphatic heterocycles. The van der Waals surface area contributed by atoms with Crippen LogP contribution in [0.1, 0.15) is 0 Å². The van der Waals surface area contributed by atoms with Crippen LogP contribution in [0.2, 0.25) is 0 Å². The van der Waals surface area contributed by atoms with Gasteiger partial charge in [0.25, 0.3) is 0 Å². The predicted molar refractivity (Wildman–Crippen MR) is 61.5 cm³/mol. The van der Waals surface area contributed by atoms with Gasteiger partial charge in [0, 0.05) is 12.7 Å². The van der Waals surface area contributed by atoms with E-state index in [0.29, 0.717) is 0 Å². The first kappa shape index (κ1) is 12.1. The second kappa shape index (κ2) is 5.76. The van der Waals surface area contributed by atoms with Crippen LogP contribution in [-0.4, -0.2) is 26.0 Å². The summed E-state index contributed by atoms with van der Waals surface area (Å²) in [6.07, 6.45) is 5.02. The zero-order valence-electron chi connectivity index (χ0n) is 9.03. The number of likely N-dealkylation sites (N-methyl/N-ethyl adjacent to an activating group) is 1. The summed E-state index contributed by atoms with van der Waals surface area (Å²) in [6.45, 7) is 0.406. The molecular weight excluding hydrogens is 207 g/mol. The van der Waals surface area contributed by atoms with E-state index in [0.717, 1.165) is 5.69 Å². The lowest BCUT2D eigenvalue weighted by Crippen LogP contribution is -2.35. The van der Waals surface area contributed by atoms with Crippen LogP contribution in [0.3, 0.4) is 0 Å². The fourth-order valence-electron chi connectivity index (χ4n) is 1.21.